The van der Waals surface area contributed by atoms with Crippen LogP contribution in [0.4, 0.5) is 0 Å². The van der Waals surface area contributed by atoms with Gasteiger partial charge in [-0.3, -0.25) is 0 Å². The topological polar surface area (TPSA) is 12.2 Å². The Morgan fingerprint density at radius 1 is 1.04 bits per heavy atom. The van der Waals surface area contributed by atoms with Gasteiger partial charge in [0.1, 0.15) is 12.6 Å². The molecule has 0 aromatic heterocycles. The first-order valence-corrected chi connectivity index (χ1v) is 10.2. The second-order valence-electron chi connectivity index (χ2n) is 7.06. The van der Waals surface area contributed by atoms with Gasteiger partial charge >= 0.3 is 0 Å². The van der Waals surface area contributed by atoms with Gasteiger partial charge in [0, 0.05) is 12.0 Å². The molecule has 1 aliphatic rings. The molecule has 0 bridgehead atoms. The van der Waals surface area contributed by atoms with Gasteiger partial charge in [-0.05, 0) is 31.0 Å². The predicted molar refractivity (Wildman–Crippen MR) is 106 cm³/mol. The Balaban J connectivity index is 1.65. The second-order valence-corrected chi connectivity index (χ2v) is 7.27. The van der Waals surface area contributed by atoms with Crippen molar-refractivity contribution in [3.05, 3.63) is 35.4 Å². The maximum absolute atomic E-state index is 5.43. The van der Waals surface area contributed by atoms with E-state index in [4.69, 9.17) is 4.18 Å². The third kappa shape index (κ3) is 6.98. The first kappa shape index (κ1) is 19.5. The van der Waals surface area contributed by atoms with Crippen LogP contribution in [0.2, 0.25) is 0 Å². The van der Waals surface area contributed by atoms with Crippen molar-refractivity contribution in [2.24, 2.45) is 0 Å². The first-order valence-electron chi connectivity index (χ1n) is 9.80. The van der Waals surface area contributed by atoms with Crippen LogP contribution in [0.5, 0.6) is 0 Å². The van der Waals surface area contributed by atoms with E-state index in [1.807, 2.05) is 0 Å². The highest BCUT2D eigenvalue weighted by Gasteiger charge is 2.20. The zero-order chi connectivity index (χ0) is 17.0. The summed E-state index contributed by atoms with van der Waals surface area (Å²) in [5, 5.41) is 0. The minimum atomic E-state index is 0.231. The smallest absolute Gasteiger partial charge is 0.171 e. The van der Waals surface area contributed by atoms with E-state index in [0.717, 1.165) is 25.9 Å². The zero-order valence-corrected chi connectivity index (χ0v) is 16.1. The Hall–Kier alpha value is -0.800. The highest BCUT2D eigenvalue weighted by atomic mass is 32.1. The summed E-state index contributed by atoms with van der Waals surface area (Å²) in [5.74, 6) is 0. The normalized spacial score (nSPS) is 15.0. The molecule has 1 heterocycles. The molecule has 0 saturated heterocycles. The van der Waals surface area contributed by atoms with Crippen LogP contribution in [-0.2, 0) is 10.6 Å². The molecule has 0 spiro atoms. The molecule has 1 aromatic carbocycles. The number of benzene rings is 1. The lowest BCUT2D eigenvalue weighted by Gasteiger charge is -2.16. The summed E-state index contributed by atoms with van der Waals surface area (Å²) in [6, 6.07) is 8.68. The molecule has 0 amide bonds. The van der Waals surface area contributed by atoms with Gasteiger partial charge < -0.3 is 4.18 Å². The number of rotatable bonds is 12. The molecule has 2 rings (SSSR count). The van der Waals surface area contributed by atoms with E-state index in [-0.39, 0.29) is 6.10 Å². The lowest BCUT2D eigenvalue weighted by molar-refractivity contribution is -0.531. The van der Waals surface area contributed by atoms with Crippen molar-refractivity contribution in [2.45, 2.75) is 77.2 Å². The molecular weight excluding hydrogens is 314 g/mol. The largest absolute Gasteiger partial charge is 0.309 e. The van der Waals surface area contributed by atoms with Gasteiger partial charge in [-0.15, -0.1) is 0 Å². The van der Waals surface area contributed by atoms with Gasteiger partial charge in [0.15, 0.2) is 12.8 Å². The molecule has 1 aliphatic heterocycles. The van der Waals surface area contributed by atoms with Crippen LogP contribution in [0.15, 0.2) is 24.3 Å². The zero-order valence-electron chi connectivity index (χ0n) is 15.3. The highest BCUT2D eigenvalue weighted by Crippen LogP contribution is 2.15. The van der Waals surface area contributed by atoms with E-state index in [9.17, 15) is 0 Å². The van der Waals surface area contributed by atoms with Gasteiger partial charge in [0.2, 0.25) is 0 Å². The molecule has 0 fully saturated rings. The average molecular weight is 349 g/mol. The Morgan fingerprint density at radius 2 is 1.75 bits per heavy atom. The highest BCUT2D eigenvalue weighted by molar-refractivity contribution is 7.75. The molecule has 1 unspecified atom stereocenters. The van der Waals surface area contributed by atoms with Crippen molar-refractivity contribution in [2.75, 3.05) is 13.1 Å². The Morgan fingerprint density at radius 3 is 2.50 bits per heavy atom. The predicted octanol–water partition coefficient (Wildman–Crippen LogP) is 5.43. The average Bonchev–Trinajstić information content (AvgIpc) is 2.62. The summed E-state index contributed by atoms with van der Waals surface area (Å²) in [5.41, 5.74) is 2.81. The van der Waals surface area contributed by atoms with Crippen LogP contribution in [-0.4, -0.2) is 30.0 Å². The number of fused-ring (bicyclic) bond motifs is 1. The monoisotopic (exact) mass is 348 g/mol. The fraction of sp³-hybridized carbons (Fsp3) is 0.667. The summed E-state index contributed by atoms with van der Waals surface area (Å²) < 4.78 is 7.83. The molecule has 24 heavy (non-hydrogen) atoms. The van der Waals surface area contributed by atoms with Gasteiger partial charge in [-0.1, -0.05) is 76.5 Å². The van der Waals surface area contributed by atoms with Gasteiger partial charge in [-0.2, -0.15) is 0 Å². The molecule has 0 N–H and O–H groups in total. The molecule has 0 saturated carbocycles. The summed E-state index contributed by atoms with van der Waals surface area (Å²) in [4.78, 5) is 0. The van der Waals surface area contributed by atoms with Gasteiger partial charge in [0.05, 0.1) is 0 Å². The van der Waals surface area contributed by atoms with Gasteiger partial charge in [-0.25, -0.2) is 4.58 Å². The summed E-state index contributed by atoms with van der Waals surface area (Å²) in [7, 11) is 0. The van der Waals surface area contributed by atoms with E-state index in [1.54, 1.807) is 0 Å². The fourth-order valence-corrected chi connectivity index (χ4v) is 3.67. The Labute approximate surface area is 153 Å². The number of hydrogen-bond acceptors (Lipinski definition) is 2. The molecule has 0 radical (unpaired) electrons. The lowest BCUT2D eigenvalue weighted by atomic mass is 10.0. The van der Waals surface area contributed by atoms with Crippen molar-refractivity contribution < 1.29 is 8.76 Å². The maximum Gasteiger partial charge on any atom is 0.171 e. The number of thiol groups is 1. The maximum atomic E-state index is 5.43. The van der Waals surface area contributed by atoms with Gasteiger partial charge in [0.25, 0.3) is 0 Å². The Kier molecular flexibility index (Phi) is 9.52. The molecule has 3 heteroatoms. The number of hydrogen-bond donors (Lipinski definition) is 1. The minimum absolute atomic E-state index is 0.231. The fourth-order valence-electron chi connectivity index (χ4n) is 3.50. The third-order valence-electron chi connectivity index (χ3n) is 5.01. The van der Waals surface area contributed by atoms with Crippen molar-refractivity contribution in [1.82, 2.24) is 0 Å². The number of nitrogens with zero attached hydrogens (tertiary/aromatic N) is 1. The van der Waals surface area contributed by atoms with E-state index < -0.39 is 0 Å². The summed E-state index contributed by atoms with van der Waals surface area (Å²) in [6.07, 6.45) is 15.6. The van der Waals surface area contributed by atoms with E-state index in [2.05, 4.69) is 54.9 Å². The van der Waals surface area contributed by atoms with Crippen molar-refractivity contribution >= 4 is 19.1 Å². The van der Waals surface area contributed by atoms with Crippen LogP contribution < -0.4 is 0 Å². The van der Waals surface area contributed by atoms with Crippen molar-refractivity contribution in [3.8, 4) is 0 Å². The quantitative estimate of drug-likeness (QED) is 0.230. The minimum Gasteiger partial charge on any atom is -0.309 e. The Bertz CT molecular complexity index is 500. The molecule has 1 aromatic rings. The third-order valence-corrected chi connectivity index (χ3v) is 5.31. The van der Waals surface area contributed by atoms with Crippen molar-refractivity contribution in [3.63, 3.8) is 0 Å². The van der Waals surface area contributed by atoms with Crippen LogP contribution in [0.3, 0.4) is 0 Å². The standard InChI is InChI=1S/C21H33NOS/c1-2-3-4-5-6-7-8-9-14-21(23-24)18-22-16-15-19-12-10-11-13-20(19)17-22/h10-13,17,21H,2-9,14-16,18H2,1H3/p+1. The van der Waals surface area contributed by atoms with Crippen molar-refractivity contribution in [1.29, 1.82) is 0 Å². The van der Waals surface area contributed by atoms with E-state index in [1.165, 1.54) is 62.5 Å². The number of unbranched alkanes of at least 4 members (excludes halogenated alkanes) is 7. The van der Waals surface area contributed by atoms with Crippen LogP contribution >= 0.6 is 12.9 Å². The molecule has 134 valence electrons. The summed E-state index contributed by atoms with van der Waals surface area (Å²) >= 11 is 4.11. The van der Waals surface area contributed by atoms with Crippen LogP contribution in [0, 0.1) is 0 Å². The molecule has 1 atom stereocenters. The molecule has 2 nitrogen and oxygen atoms in total. The first-order chi connectivity index (χ1) is 11.8. The molecular formula is C21H34NOS+. The SMILES string of the molecule is CCCCCCCCCCC(C[N+]1=Cc2ccccc2CC1)OS. The van der Waals surface area contributed by atoms with E-state index in [0.29, 0.717) is 0 Å². The van der Waals surface area contributed by atoms with E-state index >= 15 is 0 Å². The summed E-state index contributed by atoms with van der Waals surface area (Å²) in [6.45, 7) is 4.31. The van der Waals surface area contributed by atoms with Crippen LogP contribution in [0.1, 0.15) is 75.8 Å². The second kappa shape index (κ2) is 11.7. The molecule has 0 aliphatic carbocycles. The lowest BCUT2D eigenvalue weighted by Crippen LogP contribution is -2.30. The van der Waals surface area contributed by atoms with Crippen LogP contribution in [0.25, 0.3) is 0 Å².